The highest BCUT2D eigenvalue weighted by Gasteiger charge is 2.21. The molecule has 31 heavy (non-hydrogen) atoms. The van der Waals surface area contributed by atoms with Crippen LogP contribution >= 0.6 is 0 Å². The number of rotatable bonds is 6. The fraction of sp³-hybridized carbons (Fsp3) is 0.391. The number of hydrogen-bond acceptors (Lipinski definition) is 5. The van der Waals surface area contributed by atoms with E-state index in [1.165, 1.54) is 0 Å². The average molecular weight is 427 g/mol. The molecule has 2 aromatic carbocycles. The minimum atomic E-state index is -0.568. The van der Waals surface area contributed by atoms with Gasteiger partial charge in [0.25, 0.3) is 0 Å². The van der Waals surface area contributed by atoms with Gasteiger partial charge in [0.2, 0.25) is 6.79 Å². The molecule has 0 saturated heterocycles. The summed E-state index contributed by atoms with van der Waals surface area (Å²) >= 11 is 0. The van der Waals surface area contributed by atoms with Crippen molar-refractivity contribution in [2.45, 2.75) is 39.0 Å². The fourth-order valence-electron chi connectivity index (χ4n) is 3.04. The summed E-state index contributed by atoms with van der Waals surface area (Å²) in [5, 5.41) is 9.48. The Kier molecular flexibility index (Phi) is 7.23. The van der Waals surface area contributed by atoms with Crippen LogP contribution < -0.4 is 25.4 Å². The Morgan fingerprint density at radius 3 is 2.55 bits per heavy atom. The molecule has 1 aliphatic heterocycles. The smallest absolute Gasteiger partial charge is 0.408 e. The first-order chi connectivity index (χ1) is 14.8. The molecule has 0 saturated carbocycles. The fourth-order valence-corrected chi connectivity index (χ4v) is 3.04. The van der Waals surface area contributed by atoms with Crippen LogP contribution in [0.1, 0.15) is 37.9 Å². The number of amides is 1. The molecule has 8 heteroatoms. The van der Waals surface area contributed by atoms with E-state index in [0.29, 0.717) is 19.0 Å². The number of ether oxygens (including phenoxy) is 3. The molecule has 3 rings (SSSR count). The zero-order valence-corrected chi connectivity index (χ0v) is 18.4. The van der Waals surface area contributed by atoms with E-state index in [9.17, 15) is 4.79 Å². The summed E-state index contributed by atoms with van der Waals surface area (Å²) in [7, 11) is 1.70. The van der Waals surface area contributed by atoms with Gasteiger partial charge in [-0.15, -0.1) is 0 Å². The molecule has 166 valence electrons. The van der Waals surface area contributed by atoms with E-state index >= 15 is 0 Å². The van der Waals surface area contributed by atoms with Crippen LogP contribution in [-0.4, -0.2) is 38.0 Å². The molecule has 1 atom stereocenters. The largest absolute Gasteiger partial charge is 0.454 e. The van der Waals surface area contributed by atoms with Crippen molar-refractivity contribution in [3.05, 3.63) is 59.7 Å². The lowest BCUT2D eigenvalue weighted by Gasteiger charge is -2.25. The number of nitrogens with zero attached hydrogens (tertiary/aromatic N) is 1. The molecule has 0 bridgehead atoms. The topological polar surface area (TPSA) is 93.2 Å². The molecule has 0 aromatic heterocycles. The Balaban J connectivity index is 1.58. The number of nitrogens with one attached hydrogen (secondary N) is 3. The Morgan fingerprint density at radius 1 is 1.10 bits per heavy atom. The number of guanidine groups is 1. The zero-order chi connectivity index (χ0) is 22.3. The summed E-state index contributed by atoms with van der Waals surface area (Å²) in [5.74, 6) is 2.11. The predicted molar refractivity (Wildman–Crippen MR) is 119 cm³/mol. The molecule has 2 aromatic rings. The van der Waals surface area contributed by atoms with Gasteiger partial charge in [0.15, 0.2) is 17.5 Å². The van der Waals surface area contributed by atoms with Crippen LogP contribution in [-0.2, 0) is 11.3 Å². The molecule has 0 radical (unpaired) electrons. The molecular weight excluding hydrogens is 396 g/mol. The Labute approximate surface area is 183 Å². The Morgan fingerprint density at radius 2 is 1.84 bits per heavy atom. The van der Waals surface area contributed by atoms with Crippen molar-refractivity contribution in [3.63, 3.8) is 0 Å². The highest BCUT2D eigenvalue weighted by molar-refractivity contribution is 5.79. The van der Waals surface area contributed by atoms with Crippen LogP contribution in [0.25, 0.3) is 0 Å². The number of benzene rings is 2. The number of alkyl carbamates (subject to hydrolysis) is 1. The summed E-state index contributed by atoms with van der Waals surface area (Å²) in [6, 6.07) is 15.3. The van der Waals surface area contributed by atoms with Crippen LogP contribution in [0.2, 0.25) is 0 Å². The van der Waals surface area contributed by atoms with Crippen molar-refractivity contribution in [1.29, 1.82) is 0 Å². The van der Waals surface area contributed by atoms with Crippen LogP contribution in [0, 0.1) is 0 Å². The second-order valence-corrected chi connectivity index (χ2v) is 8.10. The first-order valence-corrected chi connectivity index (χ1v) is 10.2. The first-order valence-electron chi connectivity index (χ1n) is 10.2. The van der Waals surface area contributed by atoms with Gasteiger partial charge in [-0.1, -0.05) is 36.4 Å². The molecular formula is C23H30N4O4. The lowest BCUT2D eigenvalue weighted by Crippen LogP contribution is -2.44. The Hall–Kier alpha value is -3.42. The van der Waals surface area contributed by atoms with Gasteiger partial charge in [0.1, 0.15) is 5.60 Å². The number of carbonyl (C=O) groups excluding carboxylic acids is 1. The summed E-state index contributed by atoms with van der Waals surface area (Å²) in [5.41, 5.74) is 1.44. The molecule has 3 N–H and O–H groups in total. The molecule has 0 aliphatic carbocycles. The lowest BCUT2D eigenvalue weighted by atomic mass is 10.1. The molecule has 1 amide bonds. The van der Waals surface area contributed by atoms with E-state index in [0.717, 1.165) is 22.6 Å². The van der Waals surface area contributed by atoms with Crippen LogP contribution in [0.5, 0.6) is 11.5 Å². The third kappa shape index (κ3) is 6.80. The molecule has 1 aliphatic rings. The standard InChI is InChI=1S/C23H30N4O4/c1-23(2,3)31-22(28)27-18(17-8-6-5-7-9-17)14-26-21(24-4)25-13-16-10-11-19-20(12-16)30-15-29-19/h5-12,18H,13-15H2,1-4H3,(H,27,28)(H2,24,25,26). The number of carbonyl (C=O) groups is 1. The normalized spacial score (nSPS) is 14.0. The number of fused-ring (bicyclic) bond motifs is 1. The van der Waals surface area contributed by atoms with E-state index in [2.05, 4.69) is 20.9 Å². The van der Waals surface area contributed by atoms with Crippen LogP contribution in [0.15, 0.2) is 53.5 Å². The second kappa shape index (κ2) is 10.1. The van der Waals surface area contributed by atoms with E-state index in [-0.39, 0.29) is 12.8 Å². The third-order valence-corrected chi connectivity index (χ3v) is 4.49. The minimum Gasteiger partial charge on any atom is -0.454 e. The van der Waals surface area contributed by atoms with Gasteiger partial charge in [-0.3, -0.25) is 4.99 Å². The molecule has 8 nitrogen and oxygen atoms in total. The van der Waals surface area contributed by atoms with Crippen molar-refractivity contribution in [2.24, 2.45) is 4.99 Å². The first kappa shape index (κ1) is 22.3. The maximum Gasteiger partial charge on any atom is 0.408 e. The van der Waals surface area contributed by atoms with Crippen molar-refractivity contribution < 1.29 is 19.0 Å². The number of hydrogen-bond donors (Lipinski definition) is 3. The zero-order valence-electron chi connectivity index (χ0n) is 18.4. The number of aliphatic imine (C=N–C) groups is 1. The van der Waals surface area contributed by atoms with Gasteiger partial charge < -0.3 is 30.2 Å². The van der Waals surface area contributed by atoms with Crippen LogP contribution in [0.3, 0.4) is 0 Å². The molecule has 1 heterocycles. The molecule has 0 spiro atoms. The maximum atomic E-state index is 12.3. The third-order valence-electron chi connectivity index (χ3n) is 4.49. The highest BCUT2D eigenvalue weighted by Crippen LogP contribution is 2.32. The van der Waals surface area contributed by atoms with E-state index in [1.54, 1.807) is 7.05 Å². The predicted octanol–water partition coefficient (Wildman–Crippen LogP) is 3.35. The molecule has 1 unspecified atom stereocenters. The summed E-state index contributed by atoms with van der Waals surface area (Å²) < 4.78 is 16.2. The molecule has 0 fully saturated rings. The van der Waals surface area contributed by atoms with Gasteiger partial charge in [-0.2, -0.15) is 0 Å². The second-order valence-electron chi connectivity index (χ2n) is 8.10. The van der Waals surface area contributed by atoms with Crippen molar-refractivity contribution in [3.8, 4) is 11.5 Å². The van der Waals surface area contributed by atoms with Gasteiger partial charge in [-0.25, -0.2) is 4.79 Å². The monoisotopic (exact) mass is 426 g/mol. The van der Waals surface area contributed by atoms with Gasteiger partial charge in [0.05, 0.1) is 6.04 Å². The summed E-state index contributed by atoms with van der Waals surface area (Å²) in [6.07, 6.45) is -0.466. The lowest BCUT2D eigenvalue weighted by molar-refractivity contribution is 0.0504. The van der Waals surface area contributed by atoms with Crippen molar-refractivity contribution >= 4 is 12.1 Å². The summed E-state index contributed by atoms with van der Waals surface area (Å²) in [6.45, 7) is 6.76. The Bertz CT molecular complexity index is 910. The van der Waals surface area contributed by atoms with Crippen molar-refractivity contribution in [2.75, 3.05) is 20.4 Å². The van der Waals surface area contributed by atoms with Gasteiger partial charge in [-0.05, 0) is 44.0 Å². The van der Waals surface area contributed by atoms with Gasteiger partial charge >= 0.3 is 6.09 Å². The summed E-state index contributed by atoms with van der Waals surface area (Å²) in [4.78, 5) is 16.6. The quantitative estimate of drug-likeness (QED) is 0.485. The maximum absolute atomic E-state index is 12.3. The van der Waals surface area contributed by atoms with E-state index < -0.39 is 11.7 Å². The van der Waals surface area contributed by atoms with E-state index in [4.69, 9.17) is 14.2 Å². The van der Waals surface area contributed by atoms with Gasteiger partial charge in [0, 0.05) is 20.1 Å². The highest BCUT2D eigenvalue weighted by atomic mass is 16.7. The average Bonchev–Trinajstić information content (AvgIpc) is 3.20. The van der Waals surface area contributed by atoms with Crippen LogP contribution in [0.4, 0.5) is 4.79 Å². The van der Waals surface area contributed by atoms with Crippen molar-refractivity contribution in [1.82, 2.24) is 16.0 Å². The minimum absolute atomic E-state index is 0.251. The van der Waals surface area contributed by atoms with E-state index in [1.807, 2.05) is 69.3 Å². The SMILES string of the molecule is CN=C(NCc1ccc2c(c1)OCO2)NCC(NC(=O)OC(C)(C)C)c1ccccc1.